The summed E-state index contributed by atoms with van der Waals surface area (Å²) in [6.45, 7) is 3.13. The Hall–Kier alpha value is -5.66. The molecule has 6 rings (SSSR count). The SMILES string of the molecule is CCCCc1nc2cccc(C(=O)N3CCC[C@H]3C(=O)OCCCCO[N+](=O)[O-])c2n1Cc1ccc(-c2ccccc2-c2nn[nH]n2)cc1. The molecule has 0 unspecified atom stereocenters. The summed E-state index contributed by atoms with van der Waals surface area (Å²) in [6.07, 6.45) is 4.71. The van der Waals surface area contributed by atoms with Crippen molar-refractivity contribution >= 4 is 22.9 Å². The molecule has 1 atom stereocenters. The molecule has 0 saturated carbocycles. The molecule has 1 N–H and O–H groups in total. The molecule has 49 heavy (non-hydrogen) atoms. The average Bonchev–Trinajstić information content (AvgIpc) is 3.90. The van der Waals surface area contributed by atoms with Gasteiger partial charge in [-0.05, 0) is 66.1 Å². The number of hydrogen-bond donors (Lipinski definition) is 1. The zero-order valence-corrected chi connectivity index (χ0v) is 27.3. The minimum atomic E-state index is -0.843. The summed E-state index contributed by atoms with van der Waals surface area (Å²) in [5.74, 6) is 0.727. The largest absolute Gasteiger partial charge is 0.464 e. The molecule has 5 aromatic rings. The number of aromatic amines is 1. The minimum absolute atomic E-state index is 0.0594. The van der Waals surface area contributed by atoms with Crippen molar-refractivity contribution in [1.82, 2.24) is 35.1 Å². The molecule has 0 bridgehead atoms. The molecule has 14 nitrogen and oxygen atoms in total. The fourth-order valence-electron chi connectivity index (χ4n) is 6.30. The normalized spacial score (nSPS) is 14.3. The standard InChI is InChI=1S/C35H38N8O6/c1-2-3-15-31-36-29-13-8-12-28(34(44)41-20-9-14-30(41)35(45)48-21-6-7-22-49-43(46)47)32(29)42(31)23-24-16-18-25(19-17-24)26-10-4-5-11-27(26)33-37-39-40-38-33/h4-5,8,10-13,16-19,30H,2-3,6-7,9,14-15,20-23H2,1H3,(H,37,38,39,40)/t30-/m0/s1. The van der Waals surface area contributed by atoms with Crippen molar-refractivity contribution in [3.05, 3.63) is 93.8 Å². The lowest BCUT2D eigenvalue weighted by Gasteiger charge is -2.24. The van der Waals surface area contributed by atoms with Crippen LogP contribution in [0.2, 0.25) is 0 Å². The van der Waals surface area contributed by atoms with Gasteiger partial charge in [0.15, 0.2) is 0 Å². The van der Waals surface area contributed by atoms with Crippen LogP contribution in [-0.4, -0.2) is 77.8 Å². The quantitative estimate of drug-likeness (QED) is 0.0659. The predicted octanol–water partition coefficient (Wildman–Crippen LogP) is 5.41. The Morgan fingerprint density at radius 2 is 1.80 bits per heavy atom. The molecule has 14 heteroatoms. The summed E-state index contributed by atoms with van der Waals surface area (Å²) < 4.78 is 7.61. The topological polar surface area (TPSA) is 171 Å². The Morgan fingerprint density at radius 1 is 1.00 bits per heavy atom. The number of carbonyl (C=O) groups excluding carboxylic acids is 2. The van der Waals surface area contributed by atoms with E-state index in [4.69, 9.17) is 9.72 Å². The van der Waals surface area contributed by atoms with Crippen LogP contribution < -0.4 is 0 Å². The lowest BCUT2D eigenvalue weighted by Crippen LogP contribution is -2.41. The number of aryl methyl sites for hydroxylation is 1. The molecule has 1 saturated heterocycles. The second-order valence-corrected chi connectivity index (χ2v) is 12.0. The van der Waals surface area contributed by atoms with E-state index in [-0.39, 0.29) is 19.1 Å². The smallest absolute Gasteiger partial charge is 0.328 e. The van der Waals surface area contributed by atoms with Crippen molar-refractivity contribution < 1.29 is 24.3 Å². The summed E-state index contributed by atoms with van der Waals surface area (Å²) in [5, 5.41) is 24.0. The Bertz CT molecular complexity index is 1910. The number of nitrogens with zero attached hydrogens (tertiary/aromatic N) is 7. The van der Waals surface area contributed by atoms with Gasteiger partial charge in [-0.2, -0.15) is 5.21 Å². The number of rotatable bonds is 15. The second-order valence-electron chi connectivity index (χ2n) is 12.0. The molecule has 0 spiro atoms. The lowest BCUT2D eigenvalue weighted by atomic mass is 9.98. The van der Waals surface area contributed by atoms with Gasteiger partial charge in [0.05, 0.1) is 29.8 Å². The van der Waals surface area contributed by atoms with E-state index in [1.807, 2.05) is 36.4 Å². The van der Waals surface area contributed by atoms with Crippen LogP contribution in [0.15, 0.2) is 66.7 Å². The van der Waals surface area contributed by atoms with Crippen molar-refractivity contribution in [3.63, 3.8) is 0 Å². The summed E-state index contributed by atoms with van der Waals surface area (Å²) in [7, 11) is 0. The van der Waals surface area contributed by atoms with Crippen LogP contribution in [0, 0.1) is 10.1 Å². The van der Waals surface area contributed by atoms with Crippen LogP contribution in [0.25, 0.3) is 33.5 Å². The number of fused-ring (bicyclic) bond motifs is 1. The maximum atomic E-state index is 14.2. The number of aromatic nitrogens is 6. The van der Waals surface area contributed by atoms with Gasteiger partial charge in [0.2, 0.25) is 5.82 Å². The fourth-order valence-corrected chi connectivity index (χ4v) is 6.30. The number of ether oxygens (including phenoxy) is 1. The molecule has 0 radical (unpaired) electrons. The number of imidazole rings is 1. The molecule has 1 aliphatic rings. The first-order valence-electron chi connectivity index (χ1n) is 16.6. The number of benzene rings is 3. The number of H-pyrrole nitrogens is 1. The number of esters is 1. The van der Waals surface area contributed by atoms with Crippen LogP contribution in [0.4, 0.5) is 0 Å². The molecule has 1 aliphatic heterocycles. The van der Waals surface area contributed by atoms with Crippen LogP contribution in [0.1, 0.15) is 67.2 Å². The van der Waals surface area contributed by atoms with Gasteiger partial charge in [-0.1, -0.05) is 67.9 Å². The first kappa shape index (κ1) is 33.2. The van der Waals surface area contributed by atoms with Gasteiger partial charge in [-0.25, -0.2) is 9.78 Å². The Balaban J connectivity index is 1.24. The van der Waals surface area contributed by atoms with Gasteiger partial charge in [0.25, 0.3) is 11.0 Å². The molecule has 0 aliphatic carbocycles. The highest BCUT2D eigenvalue weighted by Crippen LogP contribution is 2.31. The maximum Gasteiger partial charge on any atom is 0.328 e. The van der Waals surface area contributed by atoms with Crippen molar-refractivity contribution in [1.29, 1.82) is 0 Å². The number of hydrogen-bond acceptors (Lipinski definition) is 10. The van der Waals surface area contributed by atoms with Crippen molar-refractivity contribution in [2.24, 2.45) is 0 Å². The van der Waals surface area contributed by atoms with Gasteiger partial charge in [-0.3, -0.25) is 4.79 Å². The number of nitrogens with one attached hydrogen (secondary N) is 1. The zero-order chi connectivity index (χ0) is 34.2. The van der Waals surface area contributed by atoms with E-state index in [0.717, 1.165) is 58.4 Å². The highest BCUT2D eigenvalue weighted by molar-refractivity contribution is 6.06. The predicted molar refractivity (Wildman–Crippen MR) is 180 cm³/mol. The van der Waals surface area contributed by atoms with Crippen LogP contribution in [-0.2, 0) is 27.3 Å². The van der Waals surface area contributed by atoms with Gasteiger partial charge in [0.1, 0.15) is 11.9 Å². The molecule has 3 heterocycles. The van der Waals surface area contributed by atoms with Gasteiger partial charge >= 0.3 is 5.97 Å². The van der Waals surface area contributed by atoms with E-state index in [1.165, 1.54) is 0 Å². The molecule has 1 fully saturated rings. The van der Waals surface area contributed by atoms with E-state index in [9.17, 15) is 19.7 Å². The average molecular weight is 667 g/mol. The fraction of sp³-hybridized carbons (Fsp3) is 0.371. The molecule has 254 valence electrons. The molecule has 3 aromatic carbocycles. The molecular weight excluding hydrogens is 628 g/mol. The maximum absolute atomic E-state index is 14.2. The van der Waals surface area contributed by atoms with E-state index in [0.29, 0.717) is 50.2 Å². The summed E-state index contributed by atoms with van der Waals surface area (Å²) >= 11 is 0. The first-order chi connectivity index (χ1) is 23.9. The minimum Gasteiger partial charge on any atom is -0.464 e. The van der Waals surface area contributed by atoms with E-state index in [1.54, 1.807) is 11.0 Å². The Kier molecular flexibility index (Phi) is 10.5. The van der Waals surface area contributed by atoms with Gasteiger partial charge < -0.3 is 19.0 Å². The zero-order valence-electron chi connectivity index (χ0n) is 27.3. The van der Waals surface area contributed by atoms with Gasteiger partial charge in [0, 0.05) is 25.1 Å². The third-order valence-electron chi connectivity index (χ3n) is 8.71. The van der Waals surface area contributed by atoms with E-state index in [2.05, 4.69) is 61.2 Å². The van der Waals surface area contributed by atoms with E-state index < -0.39 is 17.1 Å². The second kappa shape index (κ2) is 15.5. The highest BCUT2D eigenvalue weighted by Gasteiger charge is 2.36. The van der Waals surface area contributed by atoms with Gasteiger partial charge in [-0.15, -0.1) is 20.3 Å². The number of likely N-dealkylation sites (tertiary alicyclic amines) is 1. The molecular formula is C35H38N8O6. The lowest BCUT2D eigenvalue weighted by molar-refractivity contribution is -0.757. The number of amides is 1. The summed E-state index contributed by atoms with van der Waals surface area (Å²) in [6, 6.07) is 21.1. The molecule has 1 amide bonds. The Morgan fingerprint density at radius 3 is 2.55 bits per heavy atom. The van der Waals surface area contributed by atoms with Crippen LogP contribution in [0.3, 0.4) is 0 Å². The van der Waals surface area contributed by atoms with E-state index >= 15 is 0 Å². The van der Waals surface area contributed by atoms with Crippen molar-refractivity contribution in [3.8, 4) is 22.5 Å². The summed E-state index contributed by atoms with van der Waals surface area (Å²) in [5.41, 5.74) is 5.90. The van der Waals surface area contributed by atoms with Crippen molar-refractivity contribution in [2.75, 3.05) is 19.8 Å². The van der Waals surface area contributed by atoms with Crippen LogP contribution >= 0.6 is 0 Å². The van der Waals surface area contributed by atoms with Crippen LogP contribution in [0.5, 0.6) is 0 Å². The third kappa shape index (κ3) is 7.58. The molecule has 2 aromatic heterocycles. The number of unbranched alkanes of at least 4 members (excludes halogenated alkanes) is 2. The van der Waals surface area contributed by atoms with Crippen molar-refractivity contribution in [2.45, 2.75) is 64.5 Å². The number of tetrazole rings is 1. The monoisotopic (exact) mass is 666 g/mol. The number of carbonyl (C=O) groups is 2. The first-order valence-corrected chi connectivity index (χ1v) is 16.6. The summed E-state index contributed by atoms with van der Waals surface area (Å²) in [4.78, 5) is 48.5. The third-order valence-corrected chi connectivity index (χ3v) is 8.71. The Labute approximate surface area is 282 Å². The number of para-hydroxylation sites is 1. The highest BCUT2D eigenvalue weighted by atomic mass is 16.9.